The lowest BCUT2D eigenvalue weighted by Crippen LogP contribution is -2.39. The molecule has 0 unspecified atom stereocenters. The molecule has 3 amide bonds. The number of aromatic nitrogens is 4. The molecule has 91 heavy (non-hydrogen) atoms. The molecule has 2 atom stereocenters. The third-order valence-electron chi connectivity index (χ3n) is 14.2. The second-order valence-corrected chi connectivity index (χ2v) is 23.3. The number of carboxylic acids is 1. The number of carbonyl (C=O) groups excluding carboxylic acids is 5. The Labute approximate surface area is 533 Å². The Morgan fingerprint density at radius 1 is 0.571 bits per heavy atom. The summed E-state index contributed by atoms with van der Waals surface area (Å²) in [6.07, 6.45) is 9.95. The Hall–Kier alpha value is -9.42. The molecule has 25 nitrogen and oxygen atoms in total. The lowest BCUT2D eigenvalue weighted by Gasteiger charge is -2.28. The molecule has 2 aliphatic rings. The molecule has 0 saturated carbocycles. The molecule has 6 heterocycles. The highest BCUT2D eigenvalue weighted by molar-refractivity contribution is 6.05. The molecular formula is C66H90N12O13. The minimum Gasteiger partial charge on any atom is -0.475 e. The van der Waals surface area contributed by atoms with Gasteiger partial charge in [0.25, 0.3) is 5.91 Å². The highest BCUT2D eigenvalue weighted by Gasteiger charge is 2.32. The van der Waals surface area contributed by atoms with Crippen LogP contribution in [0.15, 0.2) is 107 Å². The minimum absolute atomic E-state index is 0.0231. The van der Waals surface area contributed by atoms with Gasteiger partial charge in [-0.15, -0.1) is 0 Å². The number of carboxylic acid groups (broad SMARTS) is 1. The van der Waals surface area contributed by atoms with Gasteiger partial charge in [-0.05, 0) is 168 Å². The van der Waals surface area contributed by atoms with Crippen molar-refractivity contribution in [2.24, 2.45) is 0 Å². The summed E-state index contributed by atoms with van der Waals surface area (Å²) < 4.78 is 32.5. The Kier molecular flexibility index (Phi) is 26.4. The van der Waals surface area contributed by atoms with Crippen molar-refractivity contribution in [1.82, 2.24) is 29.7 Å². The van der Waals surface area contributed by atoms with E-state index in [-0.39, 0.29) is 42.0 Å². The smallest absolute Gasteiger partial charge is 0.415 e. The maximum atomic E-state index is 13.6. The van der Waals surface area contributed by atoms with Crippen molar-refractivity contribution in [2.45, 2.75) is 145 Å². The van der Waals surface area contributed by atoms with Crippen molar-refractivity contribution in [3.8, 4) is 11.5 Å². The largest absolute Gasteiger partial charge is 0.475 e. The van der Waals surface area contributed by atoms with E-state index in [9.17, 15) is 28.8 Å². The van der Waals surface area contributed by atoms with Gasteiger partial charge in [0.05, 0.1) is 30.6 Å². The van der Waals surface area contributed by atoms with Crippen LogP contribution < -0.4 is 40.1 Å². The topological polar surface area (TPSA) is 290 Å². The van der Waals surface area contributed by atoms with Crippen molar-refractivity contribution < 1.29 is 61.7 Å². The zero-order chi connectivity index (χ0) is 66.3. The number of likely N-dealkylation sites (tertiary alicyclic amines) is 2. The molecule has 2 fully saturated rings. The van der Waals surface area contributed by atoms with Crippen molar-refractivity contribution in [2.75, 3.05) is 96.1 Å². The van der Waals surface area contributed by atoms with Gasteiger partial charge in [-0.25, -0.2) is 33.9 Å². The number of nitrogens with one attached hydrogen (secondary N) is 3. The van der Waals surface area contributed by atoms with Gasteiger partial charge < -0.3 is 73.3 Å². The number of esters is 2. The van der Waals surface area contributed by atoms with Crippen LogP contribution in [0, 0.1) is 0 Å². The SMILES string of the molecule is CCN(CC)c1ncc(N(CC)C(=O)c2ccco2)c(N[C@H](Cc2ccc(OC(=O)N3CCCC3)cc2)C(=O)OC(C)(C)C)n1.CCNc1cnc(N(CC)CC)nc1N[C@H](Cc1ccc(OC(=O)N2CCCC2)cc1)C(=O)OC(C)(C)C.O=C(O)c1ccco1. The first-order valence-electron chi connectivity index (χ1n) is 31.2. The molecule has 0 spiro atoms. The number of rotatable bonds is 24. The quantitative estimate of drug-likeness (QED) is 0.0410. The summed E-state index contributed by atoms with van der Waals surface area (Å²) in [5, 5.41) is 18.1. The molecule has 4 N–H and O–H groups in total. The molecule has 2 saturated heterocycles. The summed E-state index contributed by atoms with van der Waals surface area (Å²) in [5.74, 6) is 0.676. The first-order valence-corrected chi connectivity index (χ1v) is 31.2. The number of hydrogen-bond acceptors (Lipinski definition) is 21. The fourth-order valence-electron chi connectivity index (χ4n) is 9.60. The summed E-state index contributed by atoms with van der Waals surface area (Å²) >= 11 is 0. The summed E-state index contributed by atoms with van der Waals surface area (Å²) in [6.45, 7) is 29.6. The third-order valence-corrected chi connectivity index (χ3v) is 14.2. The van der Waals surface area contributed by atoms with Crippen LogP contribution in [-0.2, 0) is 31.9 Å². The van der Waals surface area contributed by atoms with E-state index < -0.39 is 35.2 Å². The lowest BCUT2D eigenvalue weighted by molar-refractivity contribution is -0.156. The highest BCUT2D eigenvalue weighted by Crippen LogP contribution is 2.30. The average Bonchev–Trinajstić information content (AvgIpc) is 0.999. The van der Waals surface area contributed by atoms with E-state index in [4.69, 9.17) is 38.4 Å². The van der Waals surface area contributed by atoms with E-state index in [1.54, 1.807) is 79.4 Å². The van der Waals surface area contributed by atoms with Gasteiger partial charge in [-0.3, -0.25) is 4.79 Å². The fraction of sp³-hybridized carbons (Fsp3) is 0.485. The molecule has 4 aromatic heterocycles. The van der Waals surface area contributed by atoms with Crippen LogP contribution in [0.25, 0.3) is 0 Å². The second kappa shape index (κ2) is 34.0. The molecule has 0 aliphatic carbocycles. The maximum Gasteiger partial charge on any atom is 0.415 e. The van der Waals surface area contributed by atoms with Crippen molar-refractivity contribution in [3.63, 3.8) is 0 Å². The lowest BCUT2D eigenvalue weighted by atomic mass is 10.0. The minimum atomic E-state index is -1.03. The van der Waals surface area contributed by atoms with Gasteiger partial charge in [0.1, 0.15) is 40.5 Å². The number of carbonyl (C=O) groups is 6. The van der Waals surface area contributed by atoms with E-state index in [1.807, 2.05) is 96.4 Å². The Bertz CT molecular complexity index is 3260. The first-order chi connectivity index (χ1) is 43.5. The van der Waals surface area contributed by atoms with E-state index in [0.717, 1.165) is 63.0 Å². The summed E-state index contributed by atoms with van der Waals surface area (Å²) in [5.41, 5.74) is 1.41. The maximum absolute atomic E-state index is 13.6. The predicted molar refractivity (Wildman–Crippen MR) is 348 cm³/mol. The van der Waals surface area contributed by atoms with E-state index in [1.165, 1.54) is 29.6 Å². The van der Waals surface area contributed by atoms with E-state index >= 15 is 0 Å². The number of aromatic carboxylic acids is 1. The number of benzene rings is 2. The highest BCUT2D eigenvalue weighted by atomic mass is 16.6. The zero-order valence-corrected chi connectivity index (χ0v) is 54.6. The molecule has 0 radical (unpaired) electrons. The van der Waals surface area contributed by atoms with Gasteiger partial charge in [-0.1, -0.05) is 24.3 Å². The van der Waals surface area contributed by atoms with Gasteiger partial charge in [0, 0.05) is 78.3 Å². The Morgan fingerprint density at radius 3 is 1.36 bits per heavy atom. The monoisotopic (exact) mass is 1260 g/mol. The third kappa shape index (κ3) is 21.7. The van der Waals surface area contributed by atoms with Crippen LogP contribution in [0.5, 0.6) is 11.5 Å². The number of nitrogens with zero attached hydrogens (tertiary/aromatic N) is 9. The number of ether oxygens (including phenoxy) is 4. The van der Waals surface area contributed by atoms with Crippen molar-refractivity contribution >= 4 is 70.9 Å². The first kappa shape index (κ1) is 70.7. The molecular weight excluding hydrogens is 1170 g/mol. The van der Waals surface area contributed by atoms with Crippen molar-refractivity contribution in [3.05, 3.63) is 120 Å². The number of hydrogen-bond donors (Lipinski definition) is 4. The normalized spacial score (nSPS) is 13.5. The van der Waals surface area contributed by atoms with Crippen LogP contribution in [-0.4, -0.2) is 160 Å². The summed E-state index contributed by atoms with van der Waals surface area (Å²) in [4.78, 5) is 103. The van der Waals surface area contributed by atoms with E-state index in [0.29, 0.717) is 92.1 Å². The van der Waals surface area contributed by atoms with Crippen LogP contribution in [0.3, 0.4) is 0 Å². The number of amides is 3. The zero-order valence-electron chi connectivity index (χ0n) is 54.6. The predicted octanol–water partition coefficient (Wildman–Crippen LogP) is 11.2. The van der Waals surface area contributed by atoms with E-state index in [2.05, 4.69) is 30.3 Å². The molecule has 2 aromatic carbocycles. The van der Waals surface area contributed by atoms with Crippen LogP contribution in [0.4, 0.5) is 44.5 Å². The van der Waals surface area contributed by atoms with Gasteiger partial charge in [-0.2, -0.15) is 9.97 Å². The van der Waals surface area contributed by atoms with Crippen molar-refractivity contribution in [1.29, 1.82) is 0 Å². The average molecular weight is 1260 g/mol. The molecule has 492 valence electrons. The van der Waals surface area contributed by atoms with Crippen LogP contribution in [0.1, 0.15) is 141 Å². The van der Waals surface area contributed by atoms with Gasteiger partial charge in [0.15, 0.2) is 17.4 Å². The molecule has 0 bridgehead atoms. The van der Waals surface area contributed by atoms with Crippen LogP contribution >= 0.6 is 0 Å². The fourth-order valence-corrected chi connectivity index (χ4v) is 9.60. The molecule has 6 aromatic rings. The number of anilines is 6. The summed E-state index contributed by atoms with van der Waals surface area (Å²) in [6, 6.07) is 18.9. The molecule has 8 rings (SSSR count). The standard InChI is InChI=1S/C33H44N6O6.C28H42N6O4.C5H4O3/c1-7-37(8-2)31-34-22-26(39(9-3)29(40)27-13-12-20-43-27)28(36-31)35-25(30(41)45-33(4,5)6)21-23-14-16-24(17-15-23)44-32(42)38-18-10-11-19-38;1-7-29-23-19-30-26(33(8-2)9-3)32-24(23)31-22(25(35)38-28(4,5)6)18-20-12-14-21(15-13-20)37-27(36)34-16-10-11-17-34;6-5(7)4-2-1-3-8-4/h12-17,20,22,25H,7-11,18-19,21H2,1-6H3,(H,34,35,36);12-15,19,22,29H,7-11,16-18H2,1-6H3,(H,30,31,32);1-3H,(H,6,7)/t25-;22-;/m11./s1. The van der Waals surface area contributed by atoms with Gasteiger partial charge >= 0.3 is 30.1 Å². The second-order valence-electron chi connectivity index (χ2n) is 23.3. The Balaban J connectivity index is 0.000000260. The van der Waals surface area contributed by atoms with Gasteiger partial charge in [0.2, 0.25) is 17.7 Å². The van der Waals surface area contributed by atoms with Crippen LogP contribution in [0.2, 0.25) is 0 Å². The summed E-state index contributed by atoms with van der Waals surface area (Å²) in [7, 11) is 0. The molecule has 25 heteroatoms. The number of furan rings is 2. The Morgan fingerprint density at radius 2 is 0.989 bits per heavy atom. The molecule has 2 aliphatic heterocycles.